The summed E-state index contributed by atoms with van der Waals surface area (Å²) < 4.78 is 1.09. The highest BCUT2D eigenvalue weighted by molar-refractivity contribution is 9.10. The largest absolute Gasteiger partial charge is 0.341 e. The van der Waals surface area contributed by atoms with Gasteiger partial charge in [-0.05, 0) is 36.6 Å². The van der Waals surface area contributed by atoms with Crippen molar-refractivity contribution in [1.29, 1.82) is 0 Å². The van der Waals surface area contributed by atoms with Crippen molar-refractivity contribution in [3.63, 3.8) is 0 Å². The molecule has 0 bridgehead atoms. The van der Waals surface area contributed by atoms with E-state index in [4.69, 9.17) is 0 Å². The van der Waals surface area contributed by atoms with Crippen molar-refractivity contribution in [1.82, 2.24) is 15.3 Å². The van der Waals surface area contributed by atoms with Gasteiger partial charge in [-0.2, -0.15) is 0 Å². The summed E-state index contributed by atoms with van der Waals surface area (Å²) >= 11 is 3.45. The SMILES string of the molecule is C[C@@H]1CN[C@H](c2ncc(-c3ccc(Br)cc3)[nH]2)C1.Cl.Cl. The fourth-order valence-electron chi connectivity index (χ4n) is 2.41. The third-order valence-electron chi connectivity index (χ3n) is 3.43. The van der Waals surface area contributed by atoms with Crippen LogP contribution in [0.25, 0.3) is 11.3 Å². The molecule has 1 aliphatic heterocycles. The topological polar surface area (TPSA) is 40.7 Å². The van der Waals surface area contributed by atoms with Crippen LogP contribution in [0.2, 0.25) is 0 Å². The lowest BCUT2D eigenvalue weighted by atomic mass is 10.1. The number of H-pyrrole nitrogens is 1. The van der Waals surface area contributed by atoms with E-state index in [1.807, 2.05) is 18.3 Å². The molecule has 3 rings (SSSR count). The van der Waals surface area contributed by atoms with E-state index in [-0.39, 0.29) is 24.8 Å². The number of aromatic nitrogens is 2. The number of nitrogens with zero attached hydrogens (tertiary/aromatic N) is 1. The van der Waals surface area contributed by atoms with Crippen molar-refractivity contribution in [2.45, 2.75) is 19.4 Å². The second-order valence-corrected chi connectivity index (χ2v) is 5.91. The molecule has 0 spiro atoms. The van der Waals surface area contributed by atoms with Gasteiger partial charge in [-0.15, -0.1) is 24.8 Å². The maximum atomic E-state index is 4.50. The Hall–Kier alpha value is -0.550. The van der Waals surface area contributed by atoms with Gasteiger partial charge in [-0.1, -0.05) is 35.0 Å². The maximum Gasteiger partial charge on any atom is 0.123 e. The summed E-state index contributed by atoms with van der Waals surface area (Å²) in [5, 5.41) is 3.50. The van der Waals surface area contributed by atoms with Crippen LogP contribution in [0.3, 0.4) is 0 Å². The van der Waals surface area contributed by atoms with Crippen molar-refractivity contribution in [2.24, 2.45) is 5.92 Å². The summed E-state index contributed by atoms with van der Waals surface area (Å²) in [6.07, 6.45) is 3.08. The molecular weight excluding hydrogens is 361 g/mol. The Morgan fingerprint density at radius 2 is 1.90 bits per heavy atom. The van der Waals surface area contributed by atoms with E-state index in [2.05, 4.69) is 50.3 Å². The van der Waals surface area contributed by atoms with Crippen molar-refractivity contribution in [3.05, 3.63) is 40.8 Å². The average molecular weight is 379 g/mol. The molecule has 1 aromatic heterocycles. The number of imidazole rings is 1. The Morgan fingerprint density at radius 3 is 2.50 bits per heavy atom. The van der Waals surface area contributed by atoms with Crippen molar-refractivity contribution >= 4 is 40.7 Å². The van der Waals surface area contributed by atoms with Crippen LogP contribution in [-0.2, 0) is 0 Å². The molecule has 0 saturated carbocycles. The highest BCUT2D eigenvalue weighted by Crippen LogP contribution is 2.27. The van der Waals surface area contributed by atoms with Crippen LogP contribution in [-0.4, -0.2) is 16.5 Å². The molecule has 1 aliphatic rings. The maximum absolute atomic E-state index is 4.50. The predicted octanol–water partition coefficient (Wildman–Crippen LogP) is 4.35. The number of aromatic amines is 1. The summed E-state index contributed by atoms with van der Waals surface area (Å²) in [5.41, 5.74) is 2.25. The third-order valence-corrected chi connectivity index (χ3v) is 3.96. The molecule has 2 aromatic rings. The van der Waals surface area contributed by atoms with Crippen LogP contribution in [0.1, 0.15) is 25.2 Å². The molecule has 2 heterocycles. The molecule has 3 nitrogen and oxygen atoms in total. The lowest BCUT2D eigenvalue weighted by Crippen LogP contribution is -2.14. The van der Waals surface area contributed by atoms with Crippen LogP contribution in [0.15, 0.2) is 34.9 Å². The molecular formula is C14H18BrCl2N3. The summed E-state index contributed by atoms with van der Waals surface area (Å²) in [7, 11) is 0. The lowest BCUT2D eigenvalue weighted by molar-refractivity contribution is 0.588. The van der Waals surface area contributed by atoms with Gasteiger partial charge in [0.05, 0.1) is 17.9 Å². The molecule has 2 N–H and O–H groups in total. The first kappa shape index (κ1) is 17.5. The molecule has 2 atom stereocenters. The minimum atomic E-state index is 0. The highest BCUT2D eigenvalue weighted by atomic mass is 79.9. The first-order valence-corrected chi connectivity index (χ1v) is 7.06. The van der Waals surface area contributed by atoms with E-state index >= 15 is 0 Å². The van der Waals surface area contributed by atoms with Crippen LogP contribution in [0.5, 0.6) is 0 Å². The van der Waals surface area contributed by atoms with Gasteiger partial charge in [0, 0.05) is 4.47 Å². The molecule has 0 aliphatic carbocycles. The zero-order chi connectivity index (χ0) is 12.5. The van der Waals surface area contributed by atoms with Crippen molar-refractivity contribution in [3.8, 4) is 11.3 Å². The molecule has 0 amide bonds. The van der Waals surface area contributed by atoms with Gasteiger partial charge < -0.3 is 10.3 Å². The van der Waals surface area contributed by atoms with E-state index in [0.29, 0.717) is 6.04 Å². The van der Waals surface area contributed by atoms with E-state index in [1.54, 1.807) is 0 Å². The second kappa shape index (κ2) is 7.46. The molecule has 1 saturated heterocycles. The average Bonchev–Trinajstić information content (AvgIpc) is 2.98. The standard InChI is InChI=1S/C14H16BrN3.2ClH/c1-9-6-12(16-7-9)14-17-8-13(18-14)10-2-4-11(15)5-3-10;;/h2-5,8-9,12,16H,6-7H2,1H3,(H,17,18);2*1H/t9-,12-;;/m0../s1. The van der Waals surface area contributed by atoms with Gasteiger partial charge in [-0.25, -0.2) is 4.98 Å². The Bertz CT molecular complexity index is 542. The van der Waals surface area contributed by atoms with E-state index in [1.165, 1.54) is 5.56 Å². The minimum absolute atomic E-state index is 0. The molecule has 6 heteroatoms. The zero-order valence-corrected chi connectivity index (χ0v) is 14.3. The molecule has 0 radical (unpaired) electrons. The van der Waals surface area contributed by atoms with Crippen LogP contribution >= 0.6 is 40.7 Å². The van der Waals surface area contributed by atoms with Gasteiger partial charge in [0.15, 0.2) is 0 Å². The number of rotatable bonds is 2. The van der Waals surface area contributed by atoms with E-state index < -0.39 is 0 Å². The van der Waals surface area contributed by atoms with Gasteiger partial charge in [0.25, 0.3) is 0 Å². The lowest BCUT2D eigenvalue weighted by Gasteiger charge is -2.05. The Balaban J connectivity index is 0.000001000. The molecule has 1 fully saturated rings. The van der Waals surface area contributed by atoms with Crippen LogP contribution < -0.4 is 5.32 Å². The molecule has 0 unspecified atom stereocenters. The smallest absolute Gasteiger partial charge is 0.123 e. The first-order chi connectivity index (χ1) is 8.72. The van der Waals surface area contributed by atoms with Crippen molar-refractivity contribution in [2.75, 3.05) is 6.54 Å². The number of hydrogen-bond acceptors (Lipinski definition) is 2. The molecule has 20 heavy (non-hydrogen) atoms. The van der Waals surface area contributed by atoms with Crippen molar-refractivity contribution < 1.29 is 0 Å². The van der Waals surface area contributed by atoms with Gasteiger partial charge >= 0.3 is 0 Å². The second-order valence-electron chi connectivity index (χ2n) is 4.99. The zero-order valence-electron chi connectivity index (χ0n) is 11.1. The number of hydrogen-bond donors (Lipinski definition) is 2. The molecule has 1 aromatic carbocycles. The van der Waals surface area contributed by atoms with Gasteiger partial charge in [-0.3, -0.25) is 0 Å². The quantitative estimate of drug-likeness (QED) is 0.815. The number of nitrogens with one attached hydrogen (secondary N) is 2. The Kier molecular flexibility index (Phi) is 6.52. The normalized spacial score (nSPS) is 21.1. The van der Waals surface area contributed by atoms with Crippen LogP contribution in [0, 0.1) is 5.92 Å². The predicted molar refractivity (Wildman–Crippen MR) is 90.7 cm³/mol. The Labute approximate surface area is 139 Å². The highest BCUT2D eigenvalue weighted by Gasteiger charge is 2.24. The van der Waals surface area contributed by atoms with E-state index in [0.717, 1.165) is 34.9 Å². The first-order valence-electron chi connectivity index (χ1n) is 6.26. The fraction of sp³-hybridized carbons (Fsp3) is 0.357. The third kappa shape index (κ3) is 3.76. The summed E-state index contributed by atoms with van der Waals surface area (Å²) in [6, 6.07) is 8.65. The summed E-state index contributed by atoms with van der Waals surface area (Å²) in [4.78, 5) is 7.92. The fourth-order valence-corrected chi connectivity index (χ4v) is 2.67. The summed E-state index contributed by atoms with van der Waals surface area (Å²) in [6.45, 7) is 3.35. The summed E-state index contributed by atoms with van der Waals surface area (Å²) in [5.74, 6) is 1.79. The van der Waals surface area contributed by atoms with E-state index in [9.17, 15) is 0 Å². The number of halogens is 3. The molecule has 110 valence electrons. The van der Waals surface area contributed by atoms with Crippen LogP contribution in [0.4, 0.5) is 0 Å². The van der Waals surface area contributed by atoms with Gasteiger partial charge in [0.1, 0.15) is 5.82 Å². The monoisotopic (exact) mass is 377 g/mol. The van der Waals surface area contributed by atoms with Gasteiger partial charge in [0.2, 0.25) is 0 Å². The number of benzene rings is 1. The Morgan fingerprint density at radius 1 is 1.20 bits per heavy atom. The minimum Gasteiger partial charge on any atom is -0.341 e.